The van der Waals surface area contributed by atoms with E-state index in [2.05, 4.69) is 21.2 Å². The summed E-state index contributed by atoms with van der Waals surface area (Å²) in [6.45, 7) is 2.49. The summed E-state index contributed by atoms with van der Waals surface area (Å²) in [5.41, 5.74) is 3.16. The zero-order chi connectivity index (χ0) is 13.8. The van der Waals surface area contributed by atoms with E-state index in [4.69, 9.17) is 5.11 Å². The van der Waals surface area contributed by atoms with Crippen molar-refractivity contribution in [2.45, 2.75) is 13.5 Å². The molecule has 2 rings (SSSR count). The fourth-order valence-corrected chi connectivity index (χ4v) is 2.28. The molecule has 98 valence electrons. The van der Waals surface area contributed by atoms with Crippen molar-refractivity contribution in [3.8, 4) is 0 Å². The second-order valence-electron chi connectivity index (χ2n) is 4.28. The Kier molecular flexibility index (Phi) is 4.22. The first kappa shape index (κ1) is 13.6. The molecule has 0 bridgehead atoms. The summed E-state index contributed by atoms with van der Waals surface area (Å²) >= 11 is 3.50. The van der Waals surface area contributed by atoms with Crippen LogP contribution >= 0.6 is 15.9 Å². The van der Waals surface area contributed by atoms with Gasteiger partial charge in [0.1, 0.15) is 0 Å². The molecule has 2 N–H and O–H groups in total. The van der Waals surface area contributed by atoms with Gasteiger partial charge in [-0.1, -0.05) is 34.1 Å². The van der Waals surface area contributed by atoms with Crippen LogP contribution in [0, 0.1) is 6.92 Å². The zero-order valence-corrected chi connectivity index (χ0v) is 12.1. The van der Waals surface area contributed by atoms with Crippen molar-refractivity contribution in [2.75, 3.05) is 5.32 Å². The average molecular weight is 320 g/mol. The number of carboxylic acid groups (broad SMARTS) is 1. The van der Waals surface area contributed by atoms with Crippen LogP contribution in [0.5, 0.6) is 0 Å². The summed E-state index contributed by atoms with van der Waals surface area (Å²) in [5, 5.41) is 12.3. The quantitative estimate of drug-likeness (QED) is 0.893. The predicted molar refractivity (Wildman–Crippen MR) is 79.6 cm³/mol. The Morgan fingerprint density at radius 2 is 2.00 bits per heavy atom. The van der Waals surface area contributed by atoms with Crippen molar-refractivity contribution in [1.29, 1.82) is 0 Å². The molecular weight excluding hydrogens is 306 g/mol. The molecule has 0 aliphatic carbocycles. The third-order valence-corrected chi connectivity index (χ3v) is 3.67. The molecule has 0 aliphatic heterocycles. The fraction of sp³-hybridized carbons (Fsp3) is 0.133. The third-order valence-electron chi connectivity index (χ3n) is 2.90. The van der Waals surface area contributed by atoms with E-state index in [1.165, 1.54) is 0 Å². The maximum atomic E-state index is 10.9. The number of carboxylic acids is 1. The Labute approximate surface area is 120 Å². The van der Waals surface area contributed by atoms with Gasteiger partial charge < -0.3 is 10.4 Å². The van der Waals surface area contributed by atoms with E-state index < -0.39 is 5.97 Å². The van der Waals surface area contributed by atoms with E-state index in [0.717, 1.165) is 21.3 Å². The van der Waals surface area contributed by atoms with Gasteiger partial charge in [0.25, 0.3) is 0 Å². The molecule has 0 unspecified atom stereocenters. The number of anilines is 1. The molecule has 3 nitrogen and oxygen atoms in total. The summed E-state index contributed by atoms with van der Waals surface area (Å²) in [7, 11) is 0. The molecule has 0 fully saturated rings. The first-order chi connectivity index (χ1) is 9.08. The average Bonchev–Trinajstić information content (AvgIpc) is 2.37. The maximum Gasteiger partial charge on any atom is 0.335 e. The van der Waals surface area contributed by atoms with Crippen LogP contribution in [-0.4, -0.2) is 11.1 Å². The Balaban J connectivity index is 2.11. The number of hydrogen-bond donors (Lipinski definition) is 2. The second kappa shape index (κ2) is 5.89. The number of aromatic carboxylic acids is 1. The summed E-state index contributed by atoms with van der Waals surface area (Å²) in [6, 6.07) is 13.2. The minimum absolute atomic E-state index is 0.339. The number of aryl methyl sites for hydroxylation is 1. The molecule has 0 spiro atoms. The highest BCUT2D eigenvalue weighted by Gasteiger charge is 2.07. The highest BCUT2D eigenvalue weighted by atomic mass is 79.9. The molecule has 0 atom stereocenters. The summed E-state index contributed by atoms with van der Waals surface area (Å²) in [5.74, 6) is -0.894. The van der Waals surface area contributed by atoms with Gasteiger partial charge in [0.15, 0.2) is 0 Å². The van der Waals surface area contributed by atoms with Gasteiger partial charge in [0, 0.05) is 16.7 Å². The molecule has 0 saturated heterocycles. The molecule has 2 aromatic carbocycles. The first-order valence-electron chi connectivity index (χ1n) is 5.89. The second-order valence-corrected chi connectivity index (χ2v) is 5.13. The highest BCUT2D eigenvalue weighted by Crippen LogP contribution is 2.19. The monoisotopic (exact) mass is 319 g/mol. The Morgan fingerprint density at radius 3 is 2.63 bits per heavy atom. The van der Waals surface area contributed by atoms with E-state index in [9.17, 15) is 4.79 Å². The van der Waals surface area contributed by atoms with Crippen molar-refractivity contribution in [3.05, 3.63) is 63.6 Å². The van der Waals surface area contributed by atoms with Crippen molar-refractivity contribution in [1.82, 2.24) is 0 Å². The van der Waals surface area contributed by atoms with Gasteiger partial charge in [-0.25, -0.2) is 4.79 Å². The predicted octanol–water partition coefficient (Wildman–Crippen LogP) is 4.07. The van der Waals surface area contributed by atoms with E-state index in [1.54, 1.807) is 19.1 Å². The van der Waals surface area contributed by atoms with E-state index in [1.807, 2.05) is 30.3 Å². The number of halogens is 1. The van der Waals surface area contributed by atoms with Crippen molar-refractivity contribution >= 4 is 27.6 Å². The summed E-state index contributed by atoms with van der Waals surface area (Å²) in [6.07, 6.45) is 0. The van der Waals surface area contributed by atoms with Crippen LogP contribution < -0.4 is 5.32 Å². The van der Waals surface area contributed by atoms with Gasteiger partial charge in [0.2, 0.25) is 0 Å². The molecule has 0 saturated carbocycles. The summed E-state index contributed by atoms with van der Waals surface area (Å²) in [4.78, 5) is 10.9. The maximum absolute atomic E-state index is 10.9. The van der Waals surface area contributed by atoms with Gasteiger partial charge in [-0.2, -0.15) is 0 Å². The van der Waals surface area contributed by atoms with Crippen LogP contribution in [0.4, 0.5) is 5.69 Å². The Hall–Kier alpha value is -1.81. The van der Waals surface area contributed by atoms with E-state index >= 15 is 0 Å². The Bertz CT molecular complexity index is 611. The van der Waals surface area contributed by atoms with Crippen LogP contribution in [0.3, 0.4) is 0 Å². The Morgan fingerprint density at radius 1 is 1.26 bits per heavy atom. The van der Waals surface area contributed by atoms with Gasteiger partial charge in [-0.15, -0.1) is 0 Å². The zero-order valence-electron chi connectivity index (χ0n) is 10.5. The molecule has 0 radical (unpaired) electrons. The van der Waals surface area contributed by atoms with Crippen LogP contribution in [0.25, 0.3) is 0 Å². The van der Waals surface area contributed by atoms with Gasteiger partial charge >= 0.3 is 5.97 Å². The topological polar surface area (TPSA) is 49.3 Å². The smallest absolute Gasteiger partial charge is 0.335 e. The van der Waals surface area contributed by atoms with Gasteiger partial charge in [-0.3, -0.25) is 0 Å². The molecule has 2 aromatic rings. The van der Waals surface area contributed by atoms with Crippen molar-refractivity contribution in [2.24, 2.45) is 0 Å². The minimum atomic E-state index is -0.894. The number of nitrogens with one attached hydrogen (secondary N) is 1. The summed E-state index contributed by atoms with van der Waals surface area (Å²) < 4.78 is 1.06. The SMILES string of the molecule is Cc1cc(NCc2ccccc2Br)ccc1C(=O)O. The largest absolute Gasteiger partial charge is 0.478 e. The van der Waals surface area contributed by atoms with Crippen molar-refractivity contribution < 1.29 is 9.90 Å². The number of rotatable bonds is 4. The first-order valence-corrected chi connectivity index (χ1v) is 6.68. The molecule has 19 heavy (non-hydrogen) atoms. The lowest BCUT2D eigenvalue weighted by Crippen LogP contribution is -2.03. The number of hydrogen-bond acceptors (Lipinski definition) is 2. The van der Waals surface area contributed by atoms with E-state index in [-0.39, 0.29) is 0 Å². The van der Waals surface area contributed by atoms with Crippen LogP contribution in [0.1, 0.15) is 21.5 Å². The normalized spacial score (nSPS) is 10.2. The van der Waals surface area contributed by atoms with E-state index in [0.29, 0.717) is 12.1 Å². The molecule has 0 aliphatic rings. The molecule has 0 amide bonds. The number of benzene rings is 2. The van der Waals surface area contributed by atoms with Crippen LogP contribution in [0.15, 0.2) is 46.9 Å². The molecular formula is C15H14BrNO2. The lowest BCUT2D eigenvalue weighted by Gasteiger charge is -2.10. The lowest BCUT2D eigenvalue weighted by atomic mass is 10.1. The van der Waals surface area contributed by atoms with Gasteiger partial charge in [0.05, 0.1) is 5.56 Å². The highest BCUT2D eigenvalue weighted by molar-refractivity contribution is 9.10. The lowest BCUT2D eigenvalue weighted by molar-refractivity contribution is 0.0696. The standard InChI is InChI=1S/C15H14BrNO2/c1-10-8-12(6-7-13(10)15(18)19)17-9-11-4-2-3-5-14(11)16/h2-8,17H,9H2,1H3,(H,18,19). The van der Waals surface area contributed by atoms with Crippen LogP contribution in [0.2, 0.25) is 0 Å². The molecule has 0 aromatic heterocycles. The number of carbonyl (C=O) groups is 1. The molecule has 0 heterocycles. The van der Waals surface area contributed by atoms with Crippen LogP contribution in [-0.2, 0) is 6.54 Å². The molecule has 4 heteroatoms. The third kappa shape index (κ3) is 3.35. The van der Waals surface area contributed by atoms with Gasteiger partial charge in [-0.05, 0) is 42.3 Å². The minimum Gasteiger partial charge on any atom is -0.478 e. The van der Waals surface area contributed by atoms with Crippen molar-refractivity contribution in [3.63, 3.8) is 0 Å². The fourth-order valence-electron chi connectivity index (χ4n) is 1.85.